The lowest BCUT2D eigenvalue weighted by Gasteiger charge is -2.19. The molecule has 2 atom stereocenters. The van der Waals surface area contributed by atoms with E-state index in [0.29, 0.717) is 22.0 Å². The Bertz CT molecular complexity index is 948. The summed E-state index contributed by atoms with van der Waals surface area (Å²) >= 11 is 6.11. The number of amides is 3. The molecule has 1 aliphatic carbocycles. The molecular weight excluding hydrogens is 376 g/mol. The number of carbonyl (C=O) groups excluding carboxylic acids is 3. The van der Waals surface area contributed by atoms with Gasteiger partial charge in [-0.3, -0.25) is 19.3 Å². The predicted octanol–water partition coefficient (Wildman–Crippen LogP) is 4.58. The molecule has 4 rings (SSSR count). The van der Waals surface area contributed by atoms with Gasteiger partial charge in [0.2, 0.25) is 11.8 Å². The summed E-state index contributed by atoms with van der Waals surface area (Å²) in [7, 11) is 0. The third kappa shape index (κ3) is 3.20. The molecule has 0 bridgehead atoms. The number of halogens is 1. The van der Waals surface area contributed by atoms with Gasteiger partial charge < -0.3 is 5.32 Å². The fraction of sp³-hybridized carbons (Fsp3) is 0.318. The van der Waals surface area contributed by atoms with Gasteiger partial charge in [-0.2, -0.15) is 0 Å². The summed E-state index contributed by atoms with van der Waals surface area (Å²) in [5, 5.41) is 3.42. The van der Waals surface area contributed by atoms with Crippen LogP contribution in [-0.2, 0) is 9.59 Å². The van der Waals surface area contributed by atoms with Gasteiger partial charge in [0.1, 0.15) is 0 Å². The normalized spacial score (nSPS) is 21.6. The van der Waals surface area contributed by atoms with Crippen molar-refractivity contribution in [2.75, 3.05) is 10.2 Å². The van der Waals surface area contributed by atoms with Crippen LogP contribution in [0.5, 0.6) is 0 Å². The topological polar surface area (TPSA) is 66.5 Å². The van der Waals surface area contributed by atoms with E-state index in [1.807, 2.05) is 6.92 Å². The lowest BCUT2D eigenvalue weighted by molar-refractivity contribution is -0.122. The number of fused-ring (bicyclic) bond motifs is 1. The van der Waals surface area contributed by atoms with Crippen LogP contribution in [0.2, 0.25) is 5.02 Å². The van der Waals surface area contributed by atoms with E-state index in [0.717, 1.165) is 31.2 Å². The number of hydrogen-bond donors (Lipinski definition) is 1. The first kappa shape index (κ1) is 18.7. The summed E-state index contributed by atoms with van der Waals surface area (Å²) in [5.74, 6) is -1.03. The van der Waals surface area contributed by atoms with Gasteiger partial charge in [0, 0.05) is 16.3 Å². The largest absolute Gasteiger partial charge is 0.322 e. The number of nitrogens with one attached hydrogen (secondary N) is 1. The van der Waals surface area contributed by atoms with Gasteiger partial charge in [-0.25, -0.2) is 0 Å². The van der Waals surface area contributed by atoms with Crippen molar-refractivity contribution in [1.82, 2.24) is 0 Å². The number of hydrogen-bond acceptors (Lipinski definition) is 3. The van der Waals surface area contributed by atoms with E-state index in [-0.39, 0.29) is 29.6 Å². The van der Waals surface area contributed by atoms with Crippen molar-refractivity contribution in [3.05, 3.63) is 58.6 Å². The Morgan fingerprint density at radius 3 is 2.36 bits per heavy atom. The molecule has 1 heterocycles. The number of rotatable bonds is 3. The van der Waals surface area contributed by atoms with E-state index in [1.54, 1.807) is 42.5 Å². The fourth-order valence-electron chi connectivity index (χ4n) is 4.14. The van der Waals surface area contributed by atoms with Gasteiger partial charge in [0.25, 0.3) is 5.91 Å². The highest BCUT2D eigenvalue weighted by molar-refractivity contribution is 6.31. The minimum Gasteiger partial charge on any atom is -0.322 e. The Hall–Kier alpha value is -2.66. The van der Waals surface area contributed by atoms with Crippen molar-refractivity contribution in [2.24, 2.45) is 11.8 Å². The Kier molecular flexibility index (Phi) is 4.94. The minimum atomic E-state index is -0.316. The molecule has 0 radical (unpaired) electrons. The van der Waals surface area contributed by atoms with Crippen molar-refractivity contribution < 1.29 is 14.4 Å². The summed E-state index contributed by atoms with van der Waals surface area (Å²) in [5.41, 5.74) is 2.25. The lowest BCUT2D eigenvalue weighted by atomic mass is 9.81. The number of imide groups is 1. The van der Waals surface area contributed by atoms with Crippen molar-refractivity contribution in [2.45, 2.75) is 32.6 Å². The van der Waals surface area contributed by atoms with Crippen LogP contribution in [0.15, 0.2) is 42.5 Å². The second-order valence-corrected chi connectivity index (χ2v) is 7.83. The highest BCUT2D eigenvalue weighted by Crippen LogP contribution is 2.40. The molecule has 6 heteroatoms. The first-order chi connectivity index (χ1) is 13.5. The lowest BCUT2D eigenvalue weighted by Crippen LogP contribution is -2.31. The van der Waals surface area contributed by atoms with Crippen LogP contribution in [0, 0.1) is 18.8 Å². The highest BCUT2D eigenvalue weighted by Gasteiger charge is 2.48. The molecule has 0 aromatic heterocycles. The average Bonchev–Trinajstić information content (AvgIpc) is 2.96. The Morgan fingerprint density at radius 2 is 1.68 bits per heavy atom. The zero-order chi connectivity index (χ0) is 19.8. The molecule has 3 amide bonds. The summed E-state index contributed by atoms with van der Waals surface area (Å²) in [4.78, 5) is 39.6. The summed E-state index contributed by atoms with van der Waals surface area (Å²) in [6.45, 7) is 1.83. The Labute approximate surface area is 168 Å². The zero-order valence-electron chi connectivity index (χ0n) is 15.6. The quantitative estimate of drug-likeness (QED) is 0.772. The molecule has 1 N–H and O–H groups in total. The third-order valence-corrected chi connectivity index (χ3v) is 6.13. The van der Waals surface area contributed by atoms with E-state index < -0.39 is 0 Å². The van der Waals surface area contributed by atoms with Crippen LogP contribution in [0.4, 0.5) is 11.4 Å². The van der Waals surface area contributed by atoms with Crippen molar-refractivity contribution in [1.29, 1.82) is 0 Å². The van der Waals surface area contributed by atoms with E-state index in [9.17, 15) is 14.4 Å². The number of carbonyl (C=O) groups is 3. The van der Waals surface area contributed by atoms with Gasteiger partial charge in [0.05, 0.1) is 17.5 Å². The van der Waals surface area contributed by atoms with Gasteiger partial charge in [-0.1, -0.05) is 36.6 Å². The monoisotopic (exact) mass is 396 g/mol. The molecular formula is C22H21ClN2O3. The molecule has 2 aromatic carbocycles. The zero-order valence-corrected chi connectivity index (χ0v) is 16.3. The predicted molar refractivity (Wildman–Crippen MR) is 109 cm³/mol. The van der Waals surface area contributed by atoms with Gasteiger partial charge in [-0.15, -0.1) is 0 Å². The van der Waals surface area contributed by atoms with Gasteiger partial charge in [-0.05, 0) is 55.7 Å². The molecule has 2 fully saturated rings. The Balaban J connectivity index is 1.59. The van der Waals surface area contributed by atoms with Gasteiger partial charge >= 0.3 is 0 Å². The summed E-state index contributed by atoms with van der Waals surface area (Å²) in [6, 6.07) is 12.0. The minimum absolute atomic E-state index is 0.141. The standard InChI is InChI=1S/C22H21ClN2O3/c1-13-18(23)10-5-11-19(13)24-20(26)14-6-4-7-15(12-14)25-21(27)16-8-2-3-9-17(16)22(25)28/h4-7,10-12,16-17H,2-3,8-9H2,1H3,(H,24,26)/t16-,17-/m0/s1. The SMILES string of the molecule is Cc1c(Cl)cccc1NC(=O)c1cccc(N2C(=O)[C@H]3CCCC[C@@H]3C2=O)c1. The summed E-state index contributed by atoms with van der Waals surface area (Å²) in [6.07, 6.45) is 3.49. The Morgan fingerprint density at radius 1 is 1.04 bits per heavy atom. The number of anilines is 2. The molecule has 5 nitrogen and oxygen atoms in total. The number of nitrogens with zero attached hydrogens (tertiary/aromatic N) is 1. The molecule has 144 valence electrons. The molecule has 28 heavy (non-hydrogen) atoms. The number of benzene rings is 2. The maximum atomic E-state index is 12.8. The van der Waals surface area contributed by atoms with Gasteiger partial charge in [0.15, 0.2) is 0 Å². The highest BCUT2D eigenvalue weighted by atomic mass is 35.5. The maximum absolute atomic E-state index is 12.8. The van der Waals surface area contributed by atoms with E-state index >= 15 is 0 Å². The molecule has 0 unspecified atom stereocenters. The van der Waals surface area contributed by atoms with E-state index in [2.05, 4.69) is 5.32 Å². The fourth-order valence-corrected chi connectivity index (χ4v) is 4.31. The van der Waals surface area contributed by atoms with Crippen molar-refractivity contribution >= 4 is 40.7 Å². The van der Waals surface area contributed by atoms with E-state index in [4.69, 9.17) is 11.6 Å². The van der Waals surface area contributed by atoms with Crippen molar-refractivity contribution in [3.8, 4) is 0 Å². The van der Waals surface area contributed by atoms with Crippen LogP contribution >= 0.6 is 11.6 Å². The summed E-state index contributed by atoms with van der Waals surface area (Å²) < 4.78 is 0. The maximum Gasteiger partial charge on any atom is 0.255 e. The first-order valence-corrected chi connectivity index (χ1v) is 9.89. The van der Waals surface area contributed by atoms with E-state index in [1.165, 1.54) is 4.90 Å². The molecule has 1 saturated carbocycles. The molecule has 2 aliphatic rings. The third-order valence-electron chi connectivity index (χ3n) is 5.72. The second-order valence-electron chi connectivity index (χ2n) is 7.43. The molecule has 1 saturated heterocycles. The molecule has 1 aliphatic heterocycles. The molecule has 2 aromatic rings. The smallest absolute Gasteiger partial charge is 0.255 e. The van der Waals surface area contributed by atoms with Crippen LogP contribution in [0.25, 0.3) is 0 Å². The molecule has 0 spiro atoms. The second kappa shape index (κ2) is 7.40. The average molecular weight is 397 g/mol. The van der Waals surface area contributed by atoms with Crippen LogP contribution in [-0.4, -0.2) is 17.7 Å². The van der Waals surface area contributed by atoms with Crippen LogP contribution in [0.3, 0.4) is 0 Å². The van der Waals surface area contributed by atoms with Crippen LogP contribution < -0.4 is 10.2 Å². The van der Waals surface area contributed by atoms with Crippen molar-refractivity contribution in [3.63, 3.8) is 0 Å². The first-order valence-electron chi connectivity index (χ1n) is 9.51. The van der Waals surface area contributed by atoms with Crippen LogP contribution in [0.1, 0.15) is 41.6 Å².